The summed E-state index contributed by atoms with van der Waals surface area (Å²) in [5.41, 5.74) is 20.8. The SMILES string of the molecule is CC1(C)c2ccccc2-c2ccc(-c3cc(-n4c5ccccc5c5c6c7ccccc7n(-c7ccccc7)c6ccc54)cc4c3Cc3ccccc3-4)cc21. The van der Waals surface area contributed by atoms with Gasteiger partial charge in [0.2, 0.25) is 0 Å². The number of nitrogens with zero attached hydrogens (tertiary/aromatic N) is 2. The molecule has 0 unspecified atom stereocenters. The summed E-state index contributed by atoms with van der Waals surface area (Å²) in [4.78, 5) is 0. The molecule has 0 atom stereocenters. The summed E-state index contributed by atoms with van der Waals surface area (Å²) in [6, 6.07) is 63.4. The Kier molecular flexibility index (Phi) is 5.93. The summed E-state index contributed by atoms with van der Waals surface area (Å²) in [5.74, 6) is 0. The van der Waals surface area contributed by atoms with Gasteiger partial charge >= 0.3 is 0 Å². The molecule has 2 heteroatoms. The number of para-hydroxylation sites is 3. The molecule has 2 aliphatic carbocycles. The Morgan fingerprint density at radius 3 is 1.72 bits per heavy atom. The summed E-state index contributed by atoms with van der Waals surface area (Å²) in [5, 5.41) is 5.14. The molecule has 0 aliphatic heterocycles. The van der Waals surface area contributed by atoms with Gasteiger partial charge in [-0.3, -0.25) is 0 Å². The predicted molar refractivity (Wildman–Crippen MR) is 226 cm³/mol. The zero-order valence-electron chi connectivity index (χ0n) is 30.3. The first-order chi connectivity index (χ1) is 26.6. The number of aromatic nitrogens is 2. The van der Waals surface area contributed by atoms with Gasteiger partial charge in [0.05, 0.1) is 22.1 Å². The lowest BCUT2D eigenvalue weighted by Gasteiger charge is -2.22. The van der Waals surface area contributed by atoms with Gasteiger partial charge in [0.25, 0.3) is 0 Å². The van der Waals surface area contributed by atoms with Gasteiger partial charge < -0.3 is 9.13 Å². The third-order valence-corrected chi connectivity index (χ3v) is 12.5. The van der Waals surface area contributed by atoms with Crippen LogP contribution in [-0.4, -0.2) is 9.13 Å². The van der Waals surface area contributed by atoms with Gasteiger partial charge in [-0.2, -0.15) is 0 Å². The van der Waals surface area contributed by atoms with E-state index in [1.165, 1.54) is 111 Å². The van der Waals surface area contributed by atoms with Crippen LogP contribution in [0.3, 0.4) is 0 Å². The first-order valence-corrected chi connectivity index (χ1v) is 19.1. The monoisotopic (exact) mass is 688 g/mol. The van der Waals surface area contributed by atoms with Crippen molar-refractivity contribution < 1.29 is 0 Å². The van der Waals surface area contributed by atoms with Gasteiger partial charge in [-0.15, -0.1) is 0 Å². The second-order valence-electron chi connectivity index (χ2n) is 15.7. The summed E-state index contributed by atoms with van der Waals surface area (Å²) in [6.07, 6.45) is 0.939. The zero-order chi connectivity index (χ0) is 35.7. The van der Waals surface area contributed by atoms with Crippen molar-refractivity contribution in [3.63, 3.8) is 0 Å². The smallest absolute Gasteiger partial charge is 0.0548 e. The third-order valence-electron chi connectivity index (χ3n) is 12.5. The van der Waals surface area contributed by atoms with E-state index in [9.17, 15) is 0 Å². The van der Waals surface area contributed by atoms with Crippen LogP contribution in [0.15, 0.2) is 170 Å². The fraction of sp³-hybridized carbons (Fsp3) is 0.0769. The molecular weight excluding hydrogens is 653 g/mol. The highest BCUT2D eigenvalue weighted by atomic mass is 15.0. The average Bonchev–Trinajstić information content (AvgIpc) is 3.93. The van der Waals surface area contributed by atoms with Gasteiger partial charge in [-0.1, -0.05) is 129 Å². The summed E-state index contributed by atoms with van der Waals surface area (Å²) < 4.78 is 4.95. The molecule has 54 heavy (non-hydrogen) atoms. The molecule has 0 amide bonds. The molecule has 0 saturated heterocycles. The Morgan fingerprint density at radius 1 is 0.407 bits per heavy atom. The van der Waals surface area contributed by atoms with Crippen molar-refractivity contribution >= 4 is 43.6 Å². The number of rotatable bonds is 3. The Hall–Kier alpha value is -6.64. The fourth-order valence-electron chi connectivity index (χ4n) is 10.1. The summed E-state index contributed by atoms with van der Waals surface area (Å²) in [7, 11) is 0. The molecule has 2 heterocycles. The molecule has 2 aromatic heterocycles. The molecular formula is C52H36N2. The van der Waals surface area contributed by atoms with E-state index in [1.54, 1.807) is 0 Å². The van der Waals surface area contributed by atoms with E-state index >= 15 is 0 Å². The largest absolute Gasteiger partial charge is 0.309 e. The van der Waals surface area contributed by atoms with Crippen molar-refractivity contribution in [2.75, 3.05) is 0 Å². The highest BCUT2D eigenvalue weighted by Gasteiger charge is 2.36. The Morgan fingerprint density at radius 2 is 0.981 bits per heavy atom. The third kappa shape index (κ3) is 3.90. The molecule has 0 fully saturated rings. The van der Waals surface area contributed by atoms with Gasteiger partial charge in [0, 0.05) is 38.3 Å². The lowest BCUT2D eigenvalue weighted by molar-refractivity contribution is 0.660. The number of benzene rings is 8. The zero-order valence-corrected chi connectivity index (χ0v) is 30.3. The molecule has 12 rings (SSSR count). The van der Waals surface area contributed by atoms with Crippen LogP contribution in [0.4, 0.5) is 0 Å². The van der Waals surface area contributed by atoms with E-state index in [0.717, 1.165) is 6.42 Å². The van der Waals surface area contributed by atoms with Crippen molar-refractivity contribution in [1.29, 1.82) is 0 Å². The molecule has 8 aromatic carbocycles. The first-order valence-electron chi connectivity index (χ1n) is 19.1. The highest BCUT2D eigenvalue weighted by Crippen LogP contribution is 2.51. The Bertz CT molecular complexity index is 3210. The second kappa shape index (κ2) is 10.7. The van der Waals surface area contributed by atoms with E-state index in [0.29, 0.717) is 0 Å². The number of hydrogen-bond donors (Lipinski definition) is 0. The minimum atomic E-state index is -0.0666. The van der Waals surface area contributed by atoms with Gasteiger partial charge in [0.15, 0.2) is 0 Å². The summed E-state index contributed by atoms with van der Waals surface area (Å²) in [6.45, 7) is 4.76. The fourth-order valence-corrected chi connectivity index (χ4v) is 10.1. The molecule has 2 aliphatic rings. The second-order valence-corrected chi connectivity index (χ2v) is 15.7. The lowest BCUT2D eigenvalue weighted by atomic mass is 9.81. The number of fused-ring (bicyclic) bond motifs is 13. The maximum atomic E-state index is 2.52. The van der Waals surface area contributed by atoms with Crippen molar-refractivity contribution in [2.45, 2.75) is 25.7 Å². The van der Waals surface area contributed by atoms with E-state index in [2.05, 4.69) is 193 Å². The first kappa shape index (κ1) is 29.9. The van der Waals surface area contributed by atoms with Crippen LogP contribution in [-0.2, 0) is 11.8 Å². The molecule has 0 saturated carbocycles. The quantitative estimate of drug-likeness (QED) is 0.175. The van der Waals surface area contributed by atoms with E-state index in [4.69, 9.17) is 0 Å². The van der Waals surface area contributed by atoms with Crippen molar-refractivity contribution in [3.05, 3.63) is 192 Å². The highest BCUT2D eigenvalue weighted by molar-refractivity contribution is 6.29. The van der Waals surface area contributed by atoms with Gasteiger partial charge in [-0.05, 0) is 117 Å². The average molecular weight is 689 g/mol. The van der Waals surface area contributed by atoms with E-state index in [1.807, 2.05) is 0 Å². The molecule has 0 spiro atoms. The maximum Gasteiger partial charge on any atom is 0.0548 e. The minimum Gasteiger partial charge on any atom is -0.309 e. The van der Waals surface area contributed by atoms with Crippen LogP contribution in [0.2, 0.25) is 0 Å². The van der Waals surface area contributed by atoms with Crippen molar-refractivity contribution in [3.8, 4) is 44.8 Å². The van der Waals surface area contributed by atoms with Gasteiger partial charge in [-0.25, -0.2) is 0 Å². The number of hydrogen-bond acceptors (Lipinski definition) is 0. The van der Waals surface area contributed by atoms with Crippen molar-refractivity contribution in [2.24, 2.45) is 0 Å². The molecule has 10 aromatic rings. The normalized spacial score (nSPS) is 13.8. The Labute approximate surface area is 314 Å². The standard InChI is InChI=1S/C52H36N2/c1-52(2)44-21-11-8-18-37(44)38-25-24-33(29-45(38)52)41-30-35(31-43-36-17-7-6-14-32(36)28-42(41)43)54-47-23-13-10-20-40(47)51-49(54)27-26-48-50(51)39-19-9-12-22-46(39)53(48)34-15-4-3-5-16-34/h3-27,29-31H,28H2,1-2H3. The molecule has 254 valence electrons. The molecule has 0 N–H and O–H groups in total. The van der Waals surface area contributed by atoms with E-state index < -0.39 is 0 Å². The molecule has 2 nitrogen and oxygen atoms in total. The van der Waals surface area contributed by atoms with Crippen LogP contribution >= 0.6 is 0 Å². The molecule has 0 radical (unpaired) electrons. The van der Waals surface area contributed by atoms with Crippen LogP contribution in [0.25, 0.3) is 88.4 Å². The topological polar surface area (TPSA) is 9.86 Å². The van der Waals surface area contributed by atoms with E-state index in [-0.39, 0.29) is 5.41 Å². The maximum absolute atomic E-state index is 2.52. The van der Waals surface area contributed by atoms with Crippen LogP contribution < -0.4 is 0 Å². The van der Waals surface area contributed by atoms with Crippen LogP contribution in [0, 0.1) is 0 Å². The van der Waals surface area contributed by atoms with Gasteiger partial charge in [0.1, 0.15) is 0 Å². The Balaban J connectivity index is 1.16. The summed E-state index contributed by atoms with van der Waals surface area (Å²) >= 11 is 0. The van der Waals surface area contributed by atoms with Crippen molar-refractivity contribution in [1.82, 2.24) is 9.13 Å². The minimum absolute atomic E-state index is 0.0666. The lowest BCUT2D eigenvalue weighted by Crippen LogP contribution is -2.14. The molecule has 0 bridgehead atoms. The predicted octanol–water partition coefficient (Wildman–Crippen LogP) is 13.4. The van der Waals surface area contributed by atoms with Crippen LogP contribution in [0.1, 0.15) is 36.1 Å². The van der Waals surface area contributed by atoms with Crippen LogP contribution in [0.5, 0.6) is 0 Å².